The quantitative estimate of drug-likeness (QED) is 0.798. The maximum absolute atomic E-state index is 12.0. The molecule has 0 aliphatic rings. The van der Waals surface area contributed by atoms with Crippen molar-refractivity contribution in [2.45, 2.75) is 13.3 Å². The van der Waals surface area contributed by atoms with Gasteiger partial charge in [0.1, 0.15) is 5.56 Å². The van der Waals surface area contributed by atoms with Crippen LogP contribution in [0, 0.1) is 6.92 Å². The van der Waals surface area contributed by atoms with Crippen LogP contribution in [0.2, 0.25) is 0 Å². The van der Waals surface area contributed by atoms with Crippen LogP contribution in [0.3, 0.4) is 0 Å². The van der Waals surface area contributed by atoms with Crippen LogP contribution in [0.25, 0.3) is 0 Å². The van der Waals surface area contributed by atoms with Crippen LogP contribution in [0.15, 0.2) is 6.20 Å². The molecule has 0 aliphatic heterocycles. The maximum Gasteiger partial charge on any atom is 0.574 e. The highest BCUT2D eigenvalue weighted by Crippen LogP contribution is 2.28. The van der Waals surface area contributed by atoms with Gasteiger partial charge in [0, 0.05) is 6.20 Å². The Morgan fingerprint density at radius 2 is 2.06 bits per heavy atom. The predicted molar refractivity (Wildman–Crippen MR) is 48.6 cm³/mol. The average Bonchev–Trinajstić information content (AvgIpc) is 2.08. The van der Waals surface area contributed by atoms with Crippen molar-refractivity contribution in [3.8, 4) is 5.88 Å². The largest absolute Gasteiger partial charge is 0.574 e. The number of nitrogens with two attached hydrogens (primary N) is 2. The molecule has 1 aromatic heterocycles. The second-order valence-corrected chi connectivity index (χ2v) is 2.95. The Morgan fingerprint density at radius 1 is 1.50 bits per heavy atom. The first-order valence-electron chi connectivity index (χ1n) is 4.03. The molecule has 4 N–H and O–H groups in total. The lowest BCUT2D eigenvalue weighted by atomic mass is 10.1. The van der Waals surface area contributed by atoms with E-state index in [0.717, 1.165) is 6.20 Å². The molecular formula is C8H8F3N3O2. The first-order chi connectivity index (χ1) is 7.22. The van der Waals surface area contributed by atoms with E-state index >= 15 is 0 Å². The Kier molecular flexibility index (Phi) is 2.92. The molecule has 0 spiro atoms. The highest BCUT2D eigenvalue weighted by Gasteiger charge is 2.34. The molecule has 0 aliphatic carbocycles. The average molecular weight is 235 g/mol. The first-order valence-corrected chi connectivity index (χ1v) is 4.03. The minimum Gasteiger partial charge on any atom is -0.398 e. The van der Waals surface area contributed by atoms with Crippen molar-refractivity contribution in [1.29, 1.82) is 0 Å². The van der Waals surface area contributed by atoms with E-state index in [1.807, 2.05) is 0 Å². The van der Waals surface area contributed by atoms with Gasteiger partial charge in [-0.2, -0.15) is 0 Å². The Hall–Kier alpha value is -1.99. The number of pyridine rings is 1. The Balaban J connectivity index is 3.29. The maximum atomic E-state index is 12.0. The monoisotopic (exact) mass is 235 g/mol. The lowest BCUT2D eigenvalue weighted by Gasteiger charge is -2.12. The van der Waals surface area contributed by atoms with Crippen molar-refractivity contribution in [3.05, 3.63) is 17.3 Å². The fraction of sp³-hybridized carbons (Fsp3) is 0.250. The van der Waals surface area contributed by atoms with E-state index in [-0.39, 0.29) is 5.69 Å². The molecule has 8 heteroatoms. The molecule has 5 nitrogen and oxygen atoms in total. The molecule has 1 amide bonds. The third-order valence-corrected chi connectivity index (χ3v) is 1.74. The summed E-state index contributed by atoms with van der Waals surface area (Å²) in [4.78, 5) is 14.3. The van der Waals surface area contributed by atoms with Crippen molar-refractivity contribution in [3.63, 3.8) is 0 Å². The molecule has 1 heterocycles. The summed E-state index contributed by atoms with van der Waals surface area (Å²) in [5.41, 5.74) is 9.90. The molecular weight excluding hydrogens is 227 g/mol. The van der Waals surface area contributed by atoms with Crippen molar-refractivity contribution < 1.29 is 22.7 Å². The molecule has 0 saturated carbocycles. The van der Waals surface area contributed by atoms with Crippen LogP contribution in [0.4, 0.5) is 18.9 Å². The lowest BCUT2D eigenvalue weighted by molar-refractivity contribution is -0.276. The van der Waals surface area contributed by atoms with Crippen LogP contribution >= 0.6 is 0 Å². The van der Waals surface area contributed by atoms with Gasteiger partial charge in [0.25, 0.3) is 5.91 Å². The number of halogens is 3. The number of carbonyl (C=O) groups excluding carboxylic acids is 1. The highest BCUT2D eigenvalue weighted by molar-refractivity contribution is 6.00. The SMILES string of the molecule is Cc1cnc(OC(F)(F)F)c(C(N)=O)c1N. The first kappa shape index (κ1) is 12.1. The number of nitrogens with zero attached hydrogens (tertiary/aromatic N) is 1. The number of nitrogen functional groups attached to an aromatic ring is 1. The van der Waals surface area contributed by atoms with E-state index in [2.05, 4.69) is 9.72 Å². The van der Waals surface area contributed by atoms with Crippen LogP contribution < -0.4 is 16.2 Å². The molecule has 88 valence electrons. The molecule has 16 heavy (non-hydrogen) atoms. The number of amides is 1. The van der Waals surface area contributed by atoms with Gasteiger partial charge in [0.2, 0.25) is 5.88 Å². The zero-order valence-corrected chi connectivity index (χ0v) is 8.13. The predicted octanol–water partition coefficient (Wildman–Crippen LogP) is 0.970. The summed E-state index contributed by atoms with van der Waals surface area (Å²) in [7, 11) is 0. The second-order valence-electron chi connectivity index (χ2n) is 2.95. The van der Waals surface area contributed by atoms with E-state index in [1.54, 1.807) is 0 Å². The molecule has 0 radical (unpaired) electrons. The summed E-state index contributed by atoms with van der Waals surface area (Å²) in [5.74, 6) is -2.07. The number of aromatic nitrogens is 1. The van der Waals surface area contributed by atoms with Gasteiger partial charge in [-0.25, -0.2) is 4.98 Å². The molecule has 0 aromatic carbocycles. The zero-order valence-electron chi connectivity index (χ0n) is 8.13. The Labute approximate surface area is 88.2 Å². The van der Waals surface area contributed by atoms with Crippen molar-refractivity contribution in [2.75, 3.05) is 5.73 Å². The highest BCUT2D eigenvalue weighted by atomic mass is 19.4. The van der Waals surface area contributed by atoms with Gasteiger partial charge in [-0.3, -0.25) is 4.79 Å². The van der Waals surface area contributed by atoms with Gasteiger partial charge in [-0.15, -0.1) is 13.2 Å². The third kappa shape index (κ3) is 2.53. The lowest BCUT2D eigenvalue weighted by Crippen LogP contribution is -2.23. The second kappa shape index (κ2) is 3.87. The molecule has 0 saturated heterocycles. The number of aryl methyl sites for hydroxylation is 1. The summed E-state index contributed by atoms with van der Waals surface area (Å²) in [6, 6.07) is 0. The van der Waals surface area contributed by atoms with E-state index in [1.165, 1.54) is 6.92 Å². The zero-order chi connectivity index (χ0) is 12.5. The van der Waals surface area contributed by atoms with Crippen molar-refractivity contribution in [2.24, 2.45) is 5.73 Å². The van der Waals surface area contributed by atoms with E-state index in [0.29, 0.717) is 5.56 Å². The van der Waals surface area contributed by atoms with E-state index in [9.17, 15) is 18.0 Å². The van der Waals surface area contributed by atoms with Crippen molar-refractivity contribution >= 4 is 11.6 Å². The summed E-state index contributed by atoms with van der Waals surface area (Å²) < 4.78 is 39.4. The summed E-state index contributed by atoms with van der Waals surface area (Å²) in [6.07, 6.45) is -3.90. The van der Waals surface area contributed by atoms with Gasteiger partial charge in [0.05, 0.1) is 5.69 Å². The molecule has 1 rings (SSSR count). The summed E-state index contributed by atoms with van der Waals surface area (Å²) in [5, 5.41) is 0. The number of hydrogen-bond acceptors (Lipinski definition) is 4. The number of carbonyl (C=O) groups is 1. The Morgan fingerprint density at radius 3 is 2.50 bits per heavy atom. The van der Waals surface area contributed by atoms with E-state index < -0.39 is 23.7 Å². The summed E-state index contributed by atoms with van der Waals surface area (Å²) in [6.45, 7) is 1.48. The number of anilines is 1. The van der Waals surface area contributed by atoms with Crippen LogP contribution in [0.1, 0.15) is 15.9 Å². The third-order valence-electron chi connectivity index (χ3n) is 1.74. The van der Waals surface area contributed by atoms with Crippen LogP contribution in [0.5, 0.6) is 5.88 Å². The van der Waals surface area contributed by atoms with Crippen LogP contribution in [-0.2, 0) is 0 Å². The number of rotatable bonds is 2. The van der Waals surface area contributed by atoms with Crippen molar-refractivity contribution in [1.82, 2.24) is 4.98 Å². The van der Waals surface area contributed by atoms with Gasteiger partial charge in [-0.05, 0) is 12.5 Å². The molecule has 0 unspecified atom stereocenters. The van der Waals surface area contributed by atoms with Gasteiger partial charge >= 0.3 is 6.36 Å². The molecule has 0 bridgehead atoms. The standard InChI is InChI=1S/C8H8F3N3O2/c1-3-2-14-7(16-8(9,10)11)4(5(3)12)6(13)15/h2H,1H3,(H2,12,14)(H2,13,15). The molecule has 0 fully saturated rings. The topological polar surface area (TPSA) is 91.2 Å². The minimum atomic E-state index is -4.96. The molecule has 1 aromatic rings. The van der Waals surface area contributed by atoms with Gasteiger partial charge in [0.15, 0.2) is 0 Å². The fourth-order valence-electron chi connectivity index (χ4n) is 1.03. The number of primary amides is 1. The molecule has 0 atom stereocenters. The minimum absolute atomic E-state index is 0.179. The fourth-order valence-corrected chi connectivity index (χ4v) is 1.03. The van der Waals surface area contributed by atoms with Crippen LogP contribution in [-0.4, -0.2) is 17.3 Å². The normalized spacial score (nSPS) is 11.2. The van der Waals surface area contributed by atoms with E-state index in [4.69, 9.17) is 11.5 Å². The number of alkyl halides is 3. The number of ether oxygens (including phenoxy) is 1. The number of hydrogen-bond donors (Lipinski definition) is 2. The Bertz CT molecular complexity index is 431. The van der Waals surface area contributed by atoms with Gasteiger partial charge in [-0.1, -0.05) is 0 Å². The van der Waals surface area contributed by atoms with Gasteiger partial charge < -0.3 is 16.2 Å². The summed E-state index contributed by atoms with van der Waals surface area (Å²) >= 11 is 0. The smallest absolute Gasteiger partial charge is 0.398 e.